The standard InChI is InChI=1S/C56H94N4O43/c1-15-32(77)38(83)40(85)50(93-15)99-45-31(58-17(3)70)49(94-23(8-63)35(45)80)100-48-36(81)24(9-64)95-52(42(48)87)98-44-26(11-66)96-51(41(86)39(44)84)97-43(18(6-61)57-16(2)69)34(79)22(74)14-92-55(53(88)89)4-19(71)30(60-28(76)13-68)47(102-55)37(82)25(10-65)101-56(54(90)91)5-20(72)29(59-27(75)12-67)46(103-56)33(78)21(73)7-62/h15,18-26,29-52,61-68,71-74,77-87H,4-14H2,1-3H3,(H,57,69)(H,58,70)(H,59,75)(H,60,76)(H,88,89)(H,90,91)/t15-,18-,19-,20-,21+,22+,23+,24+,25+,26+,29+,30+,31+,32+,33+,34-,35-,36-,37+,38+,39+,40-,41+,42+,43+,44-,45+,46+,47+,48-,49-,50-,51-,52-,55+,56+/m0/s1. The lowest BCUT2D eigenvalue weighted by atomic mass is 9.87. The normalized spacial score (nSPS) is 41.1. The fourth-order valence-electron chi connectivity index (χ4n) is 12.4. The predicted molar refractivity (Wildman–Crippen MR) is 316 cm³/mol. The number of ether oxygens (including phenoxy) is 12. The van der Waals surface area contributed by atoms with Crippen LogP contribution in [0.2, 0.25) is 0 Å². The van der Waals surface area contributed by atoms with Crippen LogP contribution in [0.5, 0.6) is 0 Å². The summed E-state index contributed by atoms with van der Waals surface area (Å²) in [6.45, 7) is -8.54. The summed E-state index contributed by atoms with van der Waals surface area (Å²) in [5.41, 5.74) is 0. The molecule has 596 valence electrons. The van der Waals surface area contributed by atoms with Gasteiger partial charge in [-0.1, -0.05) is 0 Å². The summed E-state index contributed by atoms with van der Waals surface area (Å²) >= 11 is 0. The number of hydrogen-bond donors (Lipinski definition) is 29. The van der Waals surface area contributed by atoms with Crippen LogP contribution in [0.4, 0.5) is 0 Å². The Balaban J connectivity index is 1.23. The third-order valence-corrected chi connectivity index (χ3v) is 17.9. The summed E-state index contributed by atoms with van der Waals surface area (Å²) in [5, 5.41) is 280. The van der Waals surface area contributed by atoms with Gasteiger partial charge >= 0.3 is 11.9 Å². The van der Waals surface area contributed by atoms with Gasteiger partial charge in [0.1, 0.15) is 160 Å². The highest BCUT2D eigenvalue weighted by molar-refractivity contribution is 5.79. The molecule has 6 rings (SSSR count). The molecule has 47 nitrogen and oxygen atoms in total. The zero-order chi connectivity index (χ0) is 77.2. The molecule has 6 fully saturated rings. The van der Waals surface area contributed by atoms with E-state index in [4.69, 9.17) is 56.8 Å². The van der Waals surface area contributed by atoms with Crippen LogP contribution >= 0.6 is 0 Å². The van der Waals surface area contributed by atoms with Gasteiger partial charge in [0.05, 0.1) is 82.7 Å². The van der Waals surface area contributed by atoms with Crippen LogP contribution in [-0.2, 0) is 85.6 Å². The number of carboxylic acid groups (broad SMARTS) is 2. The van der Waals surface area contributed by atoms with E-state index in [1.807, 2.05) is 10.6 Å². The molecule has 0 saturated carbocycles. The van der Waals surface area contributed by atoms with Gasteiger partial charge in [0.15, 0.2) is 25.2 Å². The Bertz CT molecular complexity index is 2740. The molecule has 0 aliphatic carbocycles. The largest absolute Gasteiger partial charge is 0.477 e. The van der Waals surface area contributed by atoms with Gasteiger partial charge in [-0.3, -0.25) is 19.2 Å². The van der Waals surface area contributed by atoms with Gasteiger partial charge in [-0.25, -0.2) is 9.59 Å². The van der Waals surface area contributed by atoms with Crippen molar-refractivity contribution < 1.29 is 213 Å². The maximum atomic E-state index is 13.3. The molecule has 0 unspecified atom stereocenters. The maximum absolute atomic E-state index is 13.3. The molecular formula is C56H94N4O43. The summed E-state index contributed by atoms with van der Waals surface area (Å²) in [5.74, 6) is -15.9. The molecule has 6 aliphatic heterocycles. The van der Waals surface area contributed by atoms with E-state index in [-0.39, 0.29) is 0 Å². The first-order valence-corrected chi connectivity index (χ1v) is 32.0. The van der Waals surface area contributed by atoms with Crippen molar-refractivity contribution in [2.24, 2.45) is 0 Å². The van der Waals surface area contributed by atoms with Gasteiger partial charge < -0.3 is 206 Å². The Labute approximate surface area is 581 Å². The monoisotopic (exact) mass is 1510 g/mol. The van der Waals surface area contributed by atoms with Crippen LogP contribution in [0.25, 0.3) is 0 Å². The molecule has 0 aromatic heterocycles. The van der Waals surface area contributed by atoms with Crippen LogP contribution in [-0.4, -0.2) is 442 Å². The van der Waals surface area contributed by atoms with Crippen molar-refractivity contribution in [2.45, 2.75) is 253 Å². The zero-order valence-electron chi connectivity index (χ0n) is 54.9. The minimum Gasteiger partial charge on any atom is -0.477 e. The van der Waals surface area contributed by atoms with E-state index in [2.05, 4.69) is 10.6 Å². The molecule has 6 saturated heterocycles. The van der Waals surface area contributed by atoms with E-state index in [0.29, 0.717) is 0 Å². The number of nitrogens with one attached hydrogen (secondary N) is 4. The molecule has 4 amide bonds. The van der Waals surface area contributed by atoms with Crippen molar-refractivity contribution in [3.8, 4) is 0 Å². The molecule has 0 spiro atoms. The Morgan fingerprint density at radius 1 is 0.485 bits per heavy atom. The van der Waals surface area contributed by atoms with Crippen molar-refractivity contribution in [3.05, 3.63) is 0 Å². The summed E-state index contributed by atoms with van der Waals surface area (Å²) in [6.07, 6.45) is -67.9. The van der Waals surface area contributed by atoms with Gasteiger partial charge in [0.2, 0.25) is 23.6 Å². The SMILES string of the molecule is CC(=O)N[C@H]1[C@H](O[C@H]2[C@@H](O)[C@@H](CO)O[C@@H](O[C@@H]3[C@H](O)[C@@H](O)[C@H](O[C@@H]([C@@H](O)[C@H](O)CO[C@]4(C(=O)O)C[C@H](O)[C@@H](NC(=O)CO)[C@H]([C@H](O)[C@@H](CO)O[C@]5(C(=O)O)C[C@H](O)[C@@H](NC(=O)CO)[C@H]([C@H](O)[C@H](O)CO)O5)O4)[C@H](CO)NC(C)=O)O[C@@H]3CO)[C@@H]2O)O[C@H](CO)[C@H](O)[C@@H]1O[C@@H]1O[C@@H](C)[C@@H](O)[C@@H](O)[C@@H]1O. The topological polar surface area (TPSA) is 767 Å². The average molecular weight is 1510 g/mol. The summed E-state index contributed by atoms with van der Waals surface area (Å²) in [7, 11) is 0. The van der Waals surface area contributed by atoms with Gasteiger partial charge in [0, 0.05) is 26.7 Å². The lowest BCUT2D eigenvalue weighted by Crippen LogP contribution is -2.71. The molecule has 0 aromatic rings. The first-order chi connectivity index (χ1) is 48.4. The fourth-order valence-corrected chi connectivity index (χ4v) is 12.4. The quantitative estimate of drug-likeness (QED) is 0.0284. The number of hydrogen-bond acceptors (Lipinski definition) is 41. The Morgan fingerprint density at radius 2 is 0.971 bits per heavy atom. The van der Waals surface area contributed by atoms with E-state index in [1.165, 1.54) is 6.92 Å². The van der Waals surface area contributed by atoms with E-state index in [0.717, 1.165) is 13.8 Å². The van der Waals surface area contributed by atoms with Gasteiger partial charge in [0.25, 0.3) is 11.6 Å². The molecule has 0 aromatic carbocycles. The number of aliphatic hydroxyl groups is 23. The maximum Gasteiger partial charge on any atom is 0.364 e. The summed E-state index contributed by atoms with van der Waals surface area (Å²) in [4.78, 5) is 76.5. The number of aliphatic hydroxyl groups excluding tert-OH is 23. The van der Waals surface area contributed by atoms with E-state index in [9.17, 15) is 156 Å². The molecule has 103 heavy (non-hydrogen) atoms. The van der Waals surface area contributed by atoms with Crippen LogP contribution in [0, 0.1) is 0 Å². The molecule has 6 aliphatic rings. The third-order valence-electron chi connectivity index (χ3n) is 17.9. The fraction of sp³-hybridized carbons (Fsp3) is 0.893. The predicted octanol–water partition coefficient (Wildman–Crippen LogP) is -18.7. The minimum absolute atomic E-state index is 0.874. The minimum atomic E-state index is -3.45. The van der Waals surface area contributed by atoms with E-state index < -0.39 is 327 Å². The number of amides is 4. The molecule has 6 heterocycles. The van der Waals surface area contributed by atoms with Crippen LogP contribution in [0.1, 0.15) is 33.6 Å². The highest BCUT2D eigenvalue weighted by atomic mass is 16.8. The van der Waals surface area contributed by atoms with Crippen LogP contribution < -0.4 is 21.3 Å². The Morgan fingerprint density at radius 3 is 1.48 bits per heavy atom. The van der Waals surface area contributed by atoms with Crippen molar-refractivity contribution in [2.75, 3.05) is 59.5 Å². The van der Waals surface area contributed by atoms with Crippen molar-refractivity contribution in [3.63, 3.8) is 0 Å². The van der Waals surface area contributed by atoms with Crippen molar-refractivity contribution in [1.82, 2.24) is 21.3 Å². The van der Waals surface area contributed by atoms with Gasteiger partial charge in [-0.05, 0) is 6.92 Å². The Hall–Kier alpha value is -4.58. The third kappa shape index (κ3) is 20.0. The zero-order valence-corrected chi connectivity index (χ0v) is 54.9. The lowest BCUT2D eigenvalue weighted by molar-refractivity contribution is -0.383. The van der Waals surface area contributed by atoms with Gasteiger partial charge in [-0.15, -0.1) is 0 Å². The summed E-state index contributed by atoms with van der Waals surface area (Å²) in [6, 6.07) is -7.77. The van der Waals surface area contributed by atoms with Gasteiger partial charge in [-0.2, -0.15) is 0 Å². The average Bonchev–Trinajstić information content (AvgIpc) is 0.741. The van der Waals surface area contributed by atoms with E-state index in [1.54, 1.807) is 0 Å². The van der Waals surface area contributed by atoms with Crippen molar-refractivity contribution in [1.29, 1.82) is 0 Å². The van der Waals surface area contributed by atoms with Crippen molar-refractivity contribution >= 4 is 35.6 Å². The smallest absolute Gasteiger partial charge is 0.364 e. The first kappa shape index (κ1) is 87.3. The number of rotatable bonds is 34. The number of carbonyl (C=O) groups is 6. The second kappa shape index (κ2) is 38.0. The summed E-state index contributed by atoms with van der Waals surface area (Å²) < 4.78 is 68.2. The highest BCUT2D eigenvalue weighted by Crippen LogP contribution is 2.40. The van der Waals surface area contributed by atoms with Crippen LogP contribution in [0.3, 0.4) is 0 Å². The van der Waals surface area contributed by atoms with E-state index >= 15 is 0 Å². The highest BCUT2D eigenvalue weighted by Gasteiger charge is 2.62. The second-order valence-electron chi connectivity index (χ2n) is 25.2. The molecule has 47 heteroatoms. The number of carbonyl (C=O) groups excluding carboxylic acids is 4. The molecule has 0 bridgehead atoms. The molecular weight excluding hydrogens is 1420 g/mol. The van der Waals surface area contributed by atoms with Crippen LogP contribution in [0.15, 0.2) is 0 Å². The Kier molecular flexibility index (Phi) is 32.2. The number of carboxylic acids is 2. The molecule has 0 radical (unpaired) electrons. The molecule has 29 N–H and O–H groups in total. The lowest BCUT2D eigenvalue weighted by Gasteiger charge is -2.50. The first-order valence-electron chi connectivity index (χ1n) is 32.0. The molecule has 36 atom stereocenters. The number of aliphatic carboxylic acids is 2. The second-order valence-corrected chi connectivity index (χ2v) is 25.2.